The molecule has 25 heavy (non-hydrogen) atoms. The number of carbonyl (C=O) groups excluding carboxylic acids is 1. The maximum atomic E-state index is 12.2. The Labute approximate surface area is 144 Å². The zero-order valence-electron chi connectivity index (χ0n) is 13.7. The van der Waals surface area contributed by atoms with Crippen molar-refractivity contribution in [1.82, 2.24) is 20.0 Å². The highest BCUT2D eigenvalue weighted by atomic mass is 16.5. The number of aromatic nitrogens is 3. The zero-order chi connectivity index (χ0) is 17.2. The van der Waals surface area contributed by atoms with E-state index >= 15 is 0 Å². The van der Waals surface area contributed by atoms with Crippen LogP contribution in [0.25, 0.3) is 11.4 Å². The van der Waals surface area contributed by atoms with E-state index in [0.29, 0.717) is 24.8 Å². The minimum atomic E-state index is -0.118. The van der Waals surface area contributed by atoms with Gasteiger partial charge in [0.2, 0.25) is 11.7 Å². The molecule has 0 radical (unpaired) electrons. The van der Waals surface area contributed by atoms with Crippen molar-refractivity contribution in [2.75, 3.05) is 18.4 Å². The van der Waals surface area contributed by atoms with E-state index in [1.54, 1.807) is 17.3 Å². The predicted molar refractivity (Wildman–Crippen MR) is 92.0 cm³/mol. The summed E-state index contributed by atoms with van der Waals surface area (Å²) in [6.45, 7) is 3.13. The van der Waals surface area contributed by atoms with Gasteiger partial charge in [0.05, 0.1) is 5.92 Å². The molecule has 1 N–H and O–H groups in total. The second-order valence-corrected chi connectivity index (χ2v) is 6.10. The highest BCUT2D eigenvalue weighted by Crippen LogP contribution is 2.28. The van der Waals surface area contributed by atoms with Crippen LogP contribution in [0.3, 0.4) is 0 Å². The van der Waals surface area contributed by atoms with Gasteiger partial charge in [-0.1, -0.05) is 22.9 Å². The Balaban J connectivity index is 1.35. The average molecular weight is 335 g/mol. The number of benzene rings is 1. The predicted octanol–water partition coefficient (Wildman–Crippen LogP) is 3.07. The Hall–Kier alpha value is -3.22. The number of rotatable bonds is 3. The number of amides is 2. The van der Waals surface area contributed by atoms with Gasteiger partial charge in [-0.15, -0.1) is 0 Å². The molecule has 4 rings (SSSR count). The molecule has 0 atom stereocenters. The maximum absolute atomic E-state index is 12.2. The number of likely N-dealkylation sites (tertiary alicyclic amines) is 1. The molecule has 1 aromatic carbocycles. The molecule has 0 saturated carbocycles. The molecule has 0 bridgehead atoms. The number of hydrogen-bond donors (Lipinski definition) is 1. The van der Waals surface area contributed by atoms with Gasteiger partial charge in [0.25, 0.3) is 0 Å². The van der Waals surface area contributed by atoms with Crippen molar-refractivity contribution in [2.45, 2.75) is 12.8 Å². The summed E-state index contributed by atoms with van der Waals surface area (Å²) >= 11 is 0. The first kappa shape index (κ1) is 15.3. The number of nitrogens with one attached hydrogen (secondary N) is 1. The number of hydrogen-bond acceptors (Lipinski definition) is 5. The molecule has 3 aromatic rings. The van der Waals surface area contributed by atoms with Crippen LogP contribution in [0.2, 0.25) is 0 Å². The van der Waals surface area contributed by atoms with Crippen LogP contribution >= 0.6 is 0 Å². The van der Waals surface area contributed by atoms with E-state index in [4.69, 9.17) is 4.52 Å². The Morgan fingerprint density at radius 1 is 1.24 bits per heavy atom. The van der Waals surface area contributed by atoms with Crippen LogP contribution in [0, 0.1) is 6.92 Å². The first-order valence-electron chi connectivity index (χ1n) is 8.05. The number of urea groups is 1. The molecular formula is C18H17N5O2. The zero-order valence-corrected chi connectivity index (χ0v) is 13.7. The average Bonchev–Trinajstić information content (AvgIpc) is 3.06. The lowest BCUT2D eigenvalue weighted by Gasteiger charge is -2.36. The standard InChI is InChI=1S/C18H17N5O2/c1-12-4-6-15(7-5-12)20-18(24)23-10-14(11-23)17-21-16(22-25-17)13-3-2-8-19-9-13/h2-9,14H,10-11H2,1H3,(H,20,24). The fourth-order valence-electron chi connectivity index (χ4n) is 2.65. The van der Waals surface area contributed by atoms with Crippen molar-refractivity contribution in [3.63, 3.8) is 0 Å². The molecule has 2 aromatic heterocycles. The lowest BCUT2D eigenvalue weighted by Crippen LogP contribution is -2.50. The molecule has 3 heterocycles. The number of carbonyl (C=O) groups is 1. The lowest BCUT2D eigenvalue weighted by molar-refractivity contribution is 0.147. The molecule has 0 aliphatic carbocycles. The van der Waals surface area contributed by atoms with Crippen LogP contribution in [-0.2, 0) is 0 Å². The van der Waals surface area contributed by atoms with Crippen molar-refractivity contribution in [1.29, 1.82) is 0 Å². The molecule has 0 unspecified atom stereocenters. The number of aryl methyl sites for hydroxylation is 1. The van der Waals surface area contributed by atoms with Crippen LogP contribution in [-0.4, -0.2) is 39.1 Å². The lowest BCUT2D eigenvalue weighted by atomic mass is 10.0. The molecule has 2 amide bonds. The van der Waals surface area contributed by atoms with E-state index in [1.807, 2.05) is 43.3 Å². The van der Waals surface area contributed by atoms with Gasteiger partial charge in [-0.2, -0.15) is 4.98 Å². The molecule has 0 spiro atoms. The number of anilines is 1. The van der Waals surface area contributed by atoms with Crippen LogP contribution in [0.1, 0.15) is 17.4 Å². The van der Waals surface area contributed by atoms with Crippen molar-refractivity contribution < 1.29 is 9.32 Å². The molecule has 7 nitrogen and oxygen atoms in total. The third-order valence-electron chi connectivity index (χ3n) is 4.18. The van der Waals surface area contributed by atoms with Crippen molar-refractivity contribution in [3.8, 4) is 11.4 Å². The summed E-state index contributed by atoms with van der Waals surface area (Å²) in [7, 11) is 0. The second-order valence-electron chi connectivity index (χ2n) is 6.10. The largest absolute Gasteiger partial charge is 0.339 e. The highest BCUT2D eigenvalue weighted by Gasteiger charge is 2.35. The summed E-state index contributed by atoms with van der Waals surface area (Å²) in [5.41, 5.74) is 2.75. The third-order valence-corrected chi connectivity index (χ3v) is 4.18. The minimum Gasteiger partial charge on any atom is -0.339 e. The van der Waals surface area contributed by atoms with Gasteiger partial charge in [0, 0.05) is 36.7 Å². The SMILES string of the molecule is Cc1ccc(NC(=O)N2CC(c3nc(-c4cccnc4)no3)C2)cc1. The first-order chi connectivity index (χ1) is 12.2. The molecule has 7 heteroatoms. The Bertz CT molecular complexity index is 870. The quantitative estimate of drug-likeness (QED) is 0.795. The van der Waals surface area contributed by atoms with Crippen molar-refractivity contribution in [3.05, 3.63) is 60.2 Å². The van der Waals surface area contributed by atoms with Crippen LogP contribution in [0.5, 0.6) is 0 Å². The smallest absolute Gasteiger partial charge is 0.321 e. The molecule has 1 fully saturated rings. The number of nitrogens with zero attached hydrogens (tertiary/aromatic N) is 4. The summed E-state index contributed by atoms with van der Waals surface area (Å²) in [5.74, 6) is 1.14. The van der Waals surface area contributed by atoms with E-state index in [9.17, 15) is 4.79 Å². The van der Waals surface area contributed by atoms with Gasteiger partial charge in [-0.05, 0) is 31.2 Å². The third kappa shape index (κ3) is 3.21. The second kappa shape index (κ2) is 6.35. The van der Waals surface area contributed by atoms with Gasteiger partial charge >= 0.3 is 6.03 Å². The molecular weight excluding hydrogens is 318 g/mol. The summed E-state index contributed by atoms with van der Waals surface area (Å²) in [6.07, 6.45) is 3.39. The Morgan fingerprint density at radius 3 is 2.76 bits per heavy atom. The van der Waals surface area contributed by atoms with E-state index in [-0.39, 0.29) is 11.9 Å². The van der Waals surface area contributed by atoms with Gasteiger partial charge < -0.3 is 14.7 Å². The Morgan fingerprint density at radius 2 is 2.04 bits per heavy atom. The minimum absolute atomic E-state index is 0.0710. The van der Waals surface area contributed by atoms with Crippen molar-refractivity contribution in [2.24, 2.45) is 0 Å². The summed E-state index contributed by atoms with van der Waals surface area (Å²) < 4.78 is 5.34. The summed E-state index contributed by atoms with van der Waals surface area (Å²) in [5, 5.41) is 6.88. The molecule has 1 saturated heterocycles. The normalized spacial score (nSPS) is 14.2. The van der Waals surface area contributed by atoms with Gasteiger partial charge in [0.1, 0.15) is 0 Å². The fourth-order valence-corrected chi connectivity index (χ4v) is 2.65. The van der Waals surface area contributed by atoms with Crippen LogP contribution < -0.4 is 5.32 Å². The van der Waals surface area contributed by atoms with E-state index in [2.05, 4.69) is 20.4 Å². The van der Waals surface area contributed by atoms with E-state index in [1.165, 1.54) is 0 Å². The topological polar surface area (TPSA) is 84.2 Å². The van der Waals surface area contributed by atoms with Crippen molar-refractivity contribution >= 4 is 11.7 Å². The summed E-state index contributed by atoms with van der Waals surface area (Å²) in [6, 6.07) is 11.3. The molecule has 1 aliphatic heterocycles. The Kier molecular flexibility index (Phi) is 3.89. The van der Waals surface area contributed by atoms with E-state index in [0.717, 1.165) is 16.8 Å². The monoisotopic (exact) mass is 335 g/mol. The van der Waals surface area contributed by atoms with Gasteiger partial charge in [-0.25, -0.2) is 4.79 Å². The van der Waals surface area contributed by atoms with Crippen LogP contribution in [0.15, 0.2) is 53.3 Å². The first-order valence-corrected chi connectivity index (χ1v) is 8.05. The van der Waals surface area contributed by atoms with E-state index < -0.39 is 0 Å². The molecule has 1 aliphatic rings. The molecule has 126 valence electrons. The summed E-state index contributed by atoms with van der Waals surface area (Å²) in [4.78, 5) is 22.4. The fraction of sp³-hybridized carbons (Fsp3) is 0.222. The number of pyridine rings is 1. The highest BCUT2D eigenvalue weighted by molar-refractivity contribution is 5.90. The van der Waals surface area contributed by atoms with Gasteiger partial charge in [0.15, 0.2) is 0 Å². The maximum Gasteiger partial charge on any atom is 0.321 e. The van der Waals surface area contributed by atoms with Crippen LogP contribution in [0.4, 0.5) is 10.5 Å². The van der Waals surface area contributed by atoms with Gasteiger partial charge in [-0.3, -0.25) is 4.98 Å².